The summed E-state index contributed by atoms with van der Waals surface area (Å²) in [6.45, 7) is 0. The lowest BCUT2D eigenvalue weighted by molar-refractivity contribution is 0.192. The van der Waals surface area contributed by atoms with Gasteiger partial charge in [0, 0.05) is 22.5 Å². The summed E-state index contributed by atoms with van der Waals surface area (Å²) >= 11 is 0. The van der Waals surface area contributed by atoms with Crippen molar-refractivity contribution in [3.8, 4) is 0 Å². The van der Waals surface area contributed by atoms with Crippen molar-refractivity contribution in [2.24, 2.45) is 0 Å². The number of fused-ring (bicyclic) bond motifs is 2. The number of rotatable bonds is 2. The summed E-state index contributed by atoms with van der Waals surface area (Å²) < 4.78 is 5.72. The second kappa shape index (κ2) is 4.72. The molecule has 0 aliphatic rings. The van der Waals surface area contributed by atoms with Crippen LogP contribution in [0.15, 0.2) is 71.3 Å². The third-order valence-corrected chi connectivity index (χ3v) is 3.64. The van der Waals surface area contributed by atoms with Crippen LogP contribution in [0.5, 0.6) is 0 Å². The van der Waals surface area contributed by atoms with Gasteiger partial charge in [-0.2, -0.15) is 0 Å². The molecule has 0 aliphatic heterocycles. The highest BCUT2D eigenvalue weighted by molar-refractivity contribution is 5.80. The van der Waals surface area contributed by atoms with E-state index >= 15 is 0 Å². The minimum atomic E-state index is -0.811. The number of pyridine rings is 1. The minimum absolute atomic E-state index is 0.535. The molecule has 1 atom stereocenters. The van der Waals surface area contributed by atoms with Gasteiger partial charge in [0.05, 0.1) is 5.52 Å². The van der Waals surface area contributed by atoms with Crippen molar-refractivity contribution in [1.82, 2.24) is 4.98 Å². The lowest BCUT2D eigenvalue weighted by Gasteiger charge is -2.08. The van der Waals surface area contributed by atoms with Crippen LogP contribution in [0, 0.1) is 0 Å². The molecule has 3 heteroatoms. The fourth-order valence-corrected chi connectivity index (χ4v) is 2.54. The van der Waals surface area contributed by atoms with Crippen LogP contribution in [-0.2, 0) is 0 Å². The van der Waals surface area contributed by atoms with Gasteiger partial charge in [0.15, 0.2) is 0 Å². The Kier molecular flexibility index (Phi) is 2.72. The van der Waals surface area contributed by atoms with E-state index in [9.17, 15) is 5.11 Å². The van der Waals surface area contributed by atoms with E-state index < -0.39 is 6.10 Å². The highest BCUT2D eigenvalue weighted by Gasteiger charge is 2.16. The van der Waals surface area contributed by atoms with Gasteiger partial charge >= 0.3 is 0 Å². The Labute approximate surface area is 121 Å². The highest BCUT2D eigenvalue weighted by Crippen LogP contribution is 2.29. The molecule has 2 heterocycles. The number of furan rings is 1. The number of hydrogen-bond acceptors (Lipinski definition) is 3. The van der Waals surface area contributed by atoms with E-state index in [1.54, 1.807) is 6.20 Å². The first-order chi connectivity index (χ1) is 10.3. The Balaban J connectivity index is 1.79. The molecular weight excluding hydrogens is 262 g/mol. The molecule has 0 amide bonds. The number of hydrogen-bond donors (Lipinski definition) is 1. The maximum atomic E-state index is 10.5. The fraction of sp³-hybridized carbons (Fsp3) is 0.0556. The first-order valence-electron chi connectivity index (χ1n) is 6.82. The van der Waals surface area contributed by atoms with Crippen LogP contribution in [0.25, 0.3) is 21.9 Å². The van der Waals surface area contributed by atoms with Gasteiger partial charge in [-0.3, -0.25) is 4.98 Å². The number of benzene rings is 2. The van der Waals surface area contributed by atoms with E-state index in [4.69, 9.17) is 4.42 Å². The Morgan fingerprint density at radius 1 is 0.905 bits per heavy atom. The van der Waals surface area contributed by atoms with E-state index in [1.165, 1.54) is 0 Å². The van der Waals surface area contributed by atoms with Gasteiger partial charge in [0.25, 0.3) is 0 Å². The smallest absolute Gasteiger partial charge is 0.138 e. The first kappa shape index (κ1) is 12.1. The molecule has 0 radical (unpaired) electrons. The number of para-hydroxylation sites is 2. The highest BCUT2D eigenvalue weighted by atomic mass is 16.4. The molecular formula is C18H13NO2. The molecule has 21 heavy (non-hydrogen) atoms. The molecule has 2 aromatic carbocycles. The van der Waals surface area contributed by atoms with Crippen LogP contribution in [0.2, 0.25) is 0 Å². The van der Waals surface area contributed by atoms with E-state index in [0.717, 1.165) is 27.4 Å². The number of aliphatic hydroxyl groups excluding tert-OH is 1. The Bertz CT molecular complexity index is 893. The summed E-state index contributed by atoms with van der Waals surface area (Å²) in [5, 5.41) is 12.5. The van der Waals surface area contributed by atoms with Crippen molar-refractivity contribution < 1.29 is 9.52 Å². The average Bonchev–Trinajstić information content (AvgIpc) is 2.97. The zero-order valence-electron chi connectivity index (χ0n) is 11.2. The minimum Gasteiger partial charge on any atom is -0.458 e. The molecule has 3 nitrogen and oxygen atoms in total. The summed E-state index contributed by atoms with van der Waals surface area (Å²) in [6.07, 6.45) is 0.884. The van der Waals surface area contributed by atoms with Crippen LogP contribution >= 0.6 is 0 Å². The average molecular weight is 275 g/mol. The van der Waals surface area contributed by atoms with Crippen molar-refractivity contribution >= 4 is 21.9 Å². The topological polar surface area (TPSA) is 46.3 Å². The van der Waals surface area contributed by atoms with E-state index in [2.05, 4.69) is 4.98 Å². The lowest BCUT2D eigenvalue weighted by Crippen LogP contribution is -1.98. The van der Waals surface area contributed by atoms with Gasteiger partial charge in [0.2, 0.25) is 0 Å². The van der Waals surface area contributed by atoms with Crippen molar-refractivity contribution in [3.05, 3.63) is 78.2 Å². The molecule has 0 saturated heterocycles. The second-order valence-corrected chi connectivity index (χ2v) is 5.05. The van der Waals surface area contributed by atoms with Crippen molar-refractivity contribution in [3.63, 3.8) is 0 Å². The predicted molar refractivity (Wildman–Crippen MR) is 82.0 cm³/mol. The number of aliphatic hydroxyl groups is 1. The van der Waals surface area contributed by atoms with Crippen LogP contribution in [0.3, 0.4) is 0 Å². The van der Waals surface area contributed by atoms with Crippen LogP contribution in [-0.4, -0.2) is 10.1 Å². The zero-order valence-corrected chi connectivity index (χ0v) is 11.2. The van der Waals surface area contributed by atoms with Gasteiger partial charge in [-0.15, -0.1) is 0 Å². The van der Waals surface area contributed by atoms with Gasteiger partial charge in [0.1, 0.15) is 17.4 Å². The molecule has 1 unspecified atom stereocenters. The molecule has 0 aliphatic carbocycles. The first-order valence-corrected chi connectivity index (χ1v) is 6.82. The monoisotopic (exact) mass is 275 g/mol. The van der Waals surface area contributed by atoms with Crippen molar-refractivity contribution in [1.29, 1.82) is 0 Å². The predicted octanol–water partition coefficient (Wildman–Crippen LogP) is 4.06. The van der Waals surface area contributed by atoms with Crippen LogP contribution < -0.4 is 0 Å². The summed E-state index contributed by atoms with van der Waals surface area (Å²) in [5.74, 6) is 0.535. The van der Waals surface area contributed by atoms with Gasteiger partial charge in [-0.1, -0.05) is 36.4 Å². The van der Waals surface area contributed by atoms with Gasteiger partial charge in [-0.25, -0.2) is 0 Å². The second-order valence-electron chi connectivity index (χ2n) is 5.05. The lowest BCUT2D eigenvalue weighted by atomic mass is 10.1. The largest absolute Gasteiger partial charge is 0.458 e. The molecule has 4 rings (SSSR count). The molecule has 102 valence electrons. The number of aromatic nitrogens is 1. The van der Waals surface area contributed by atoms with Crippen LogP contribution in [0.1, 0.15) is 17.4 Å². The summed E-state index contributed by atoms with van der Waals surface area (Å²) in [7, 11) is 0. The van der Waals surface area contributed by atoms with E-state index in [-0.39, 0.29) is 0 Å². The molecule has 0 bridgehead atoms. The Morgan fingerprint density at radius 3 is 2.52 bits per heavy atom. The zero-order chi connectivity index (χ0) is 14.2. The standard InChI is InChI=1S/C18H13NO2/c20-18(17-10-13-6-2-4-8-16(13)21-17)14-9-12-5-1-3-7-15(12)19-11-14/h1-11,18,20H. The third-order valence-electron chi connectivity index (χ3n) is 3.64. The maximum absolute atomic E-state index is 10.5. The Hall–Kier alpha value is -2.65. The van der Waals surface area contributed by atoms with Crippen molar-refractivity contribution in [2.75, 3.05) is 0 Å². The molecule has 0 fully saturated rings. The molecule has 0 saturated carbocycles. The normalized spacial score (nSPS) is 12.8. The van der Waals surface area contributed by atoms with Crippen LogP contribution in [0.4, 0.5) is 0 Å². The van der Waals surface area contributed by atoms with E-state index in [0.29, 0.717) is 5.76 Å². The molecule has 1 N–H and O–H groups in total. The Morgan fingerprint density at radius 2 is 1.67 bits per heavy atom. The molecule has 0 spiro atoms. The van der Waals surface area contributed by atoms with E-state index in [1.807, 2.05) is 60.7 Å². The van der Waals surface area contributed by atoms with Gasteiger partial charge in [-0.05, 0) is 24.3 Å². The summed E-state index contributed by atoms with van der Waals surface area (Å²) in [4.78, 5) is 4.38. The quantitative estimate of drug-likeness (QED) is 0.600. The fourth-order valence-electron chi connectivity index (χ4n) is 2.54. The van der Waals surface area contributed by atoms with Crippen molar-refractivity contribution in [2.45, 2.75) is 6.10 Å². The van der Waals surface area contributed by atoms with Gasteiger partial charge < -0.3 is 9.52 Å². The number of nitrogens with zero attached hydrogens (tertiary/aromatic N) is 1. The summed E-state index contributed by atoms with van der Waals surface area (Å²) in [6, 6.07) is 19.4. The third kappa shape index (κ3) is 2.08. The molecule has 4 aromatic rings. The summed E-state index contributed by atoms with van der Waals surface area (Å²) in [5.41, 5.74) is 2.42. The maximum Gasteiger partial charge on any atom is 0.138 e. The SMILES string of the molecule is OC(c1cnc2ccccc2c1)c1cc2ccccc2o1. The molecule has 2 aromatic heterocycles.